The van der Waals surface area contributed by atoms with E-state index in [0.717, 1.165) is 36.4 Å². The van der Waals surface area contributed by atoms with E-state index in [1.54, 1.807) is 11.3 Å². The smallest absolute Gasteiger partial charge is 0.318 e. The van der Waals surface area contributed by atoms with Crippen LogP contribution in [0.5, 0.6) is 0 Å². The van der Waals surface area contributed by atoms with Crippen molar-refractivity contribution in [2.24, 2.45) is 5.92 Å². The zero-order chi connectivity index (χ0) is 17.0. The summed E-state index contributed by atoms with van der Waals surface area (Å²) in [6.07, 6.45) is 3.48. The minimum Gasteiger partial charge on any atom is -0.394 e. The number of aryl methyl sites for hydroxylation is 1. The van der Waals surface area contributed by atoms with Crippen molar-refractivity contribution in [1.29, 1.82) is 0 Å². The van der Waals surface area contributed by atoms with Crippen molar-refractivity contribution in [3.63, 3.8) is 0 Å². The second-order valence-electron chi connectivity index (χ2n) is 6.97. The third-order valence-electron chi connectivity index (χ3n) is 4.56. The van der Waals surface area contributed by atoms with Gasteiger partial charge in [-0.15, -0.1) is 11.3 Å². The number of likely N-dealkylation sites (tertiary alicyclic amines) is 1. The highest BCUT2D eigenvalue weighted by atomic mass is 32.1. The van der Waals surface area contributed by atoms with E-state index in [2.05, 4.69) is 31.1 Å². The summed E-state index contributed by atoms with van der Waals surface area (Å²) in [5.41, 5.74) is 0.582. The highest BCUT2D eigenvalue weighted by molar-refractivity contribution is 7.09. The van der Waals surface area contributed by atoms with E-state index < -0.39 is 5.54 Å². The zero-order valence-corrected chi connectivity index (χ0v) is 15.4. The van der Waals surface area contributed by atoms with Crippen LogP contribution >= 0.6 is 11.3 Å². The molecule has 0 aliphatic carbocycles. The molecule has 2 unspecified atom stereocenters. The molecule has 23 heavy (non-hydrogen) atoms. The largest absolute Gasteiger partial charge is 0.394 e. The summed E-state index contributed by atoms with van der Waals surface area (Å²) in [5.74, 6) is 0.444. The topological polar surface area (TPSA) is 65.5 Å². The molecule has 0 radical (unpaired) electrons. The minimum absolute atomic E-state index is 0.0335. The number of hydrogen-bond acceptors (Lipinski definition) is 4. The number of aliphatic hydroxyl groups is 1. The van der Waals surface area contributed by atoms with Gasteiger partial charge < -0.3 is 15.3 Å². The fourth-order valence-electron chi connectivity index (χ4n) is 3.55. The number of rotatable bonds is 6. The van der Waals surface area contributed by atoms with E-state index in [0.29, 0.717) is 12.5 Å². The molecule has 2 rings (SSSR count). The average Bonchev–Trinajstić information content (AvgIpc) is 3.11. The first-order valence-electron chi connectivity index (χ1n) is 8.53. The Morgan fingerprint density at radius 1 is 1.57 bits per heavy atom. The fourth-order valence-corrected chi connectivity index (χ4v) is 4.48. The number of thiazole rings is 1. The van der Waals surface area contributed by atoms with E-state index in [-0.39, 0.29) is 18.7 Å². The third-order valence-corrected chi connectivity index (χ3v) is 5.64. The average molecular weight is 340 g/mol. The van der Waals surface area contributed by atoms with Crippen molar-refractivity contribution in [2.75, 3.05) is 13.2 Å². The number of aromatic nitrogens is 1. The Kier molecular flexibility index (Phi) is 6.03. The number of nitrogens with zero attached hydrogens (tertiary/aromatic N) is 2. The molecule has 0 aromatic carbocycles. The molecule has 6 heteroatoms. The number of aliphatic hydroxyl groups excluding tert-OH is 1. The molecule has 1 fully saturated rings. The molecule has 1 aromatic rings. The van der Waals surface area contributed by atoms with Crippen LogP contribution < -0.4 is 5.32 Å². The fraction of sp³-hybridized carbons (Fsp3) is 0.765. The highest BCUT2D eigenvalue weighted by Crippen LogP contribution is 2.35. The molecule has 2 N–H and O–H groups in total. The van der Waals surface area contributed by atoms with Crippen molar-refractivity contribution in [2.45, 2.75) is 65.0 Å². The van der Waals surface area contributed by atoms with Crippen LogP contribution in [0.3, 0.4) is 0 Å². The molecule has 2 amide bonds. The molecular formula is C17H29N3O2S. The predicted molar refractivity (Wildman–Crippen MR) is 93.6 cm³/mol. The summed E-state index contributed by atoms with van der Waals surface area (Å²) in [6, 6.07) is -0.130. The Morgan fingerprint density at radius 3 is 2.83 bits per heavy atom. The molecule has 2 heterocycles. The van der Waals surface area contributed by atoms with Gasteiger partial charge in [-0.1, -0.05) is 20.8 Å². The van der Waals surface area contributed by atoms with E-state index in [1.165, 1.54) is 0 Å². The standard InChI is InChI=1S/C17H29N3O2S/c1-5-14(15-18-13(4)10-23-15)19-16(22)20-8-6-7-17(20,11-21)9-12(2)3/h10,12,14,21H,5-9,11H2,1-4H3,(H,19,22). The molecule has 2 atom stereocenters. The first-order valence-corrected chi connectivity index (χ1v) is 9.41. The van der Waals surface area contributed by atoms with Crippen LogP contribution in [0.1, 0.15) is 63.2 Å². The number of hydrogen-bond donors (Lipinski definition) is 2. The first kappa shape index (κ1) is 18.2. The van der Waals surface area contributed by atoms with Gasteiger partial charge in [0.25, 0.3) is 0 Å². The van der Waals surface area contributed by atoms with E-state index >= 15 is 0 Å². The number of carbonyl (C=O) groups is 1. The van der Waals surface area contributed by atoms with Gasteiger partial charge in [-0.2, -0.15) is 0 Å². The zero-order valence-electron chi connectivity index (χ0n) is 14.6. The summed E-state index contributed by atoms with van der Waals surface area (Å²) < 4.78 is 0. The monoisotopic (exact) mass is 339 g/mol. The van der Waals surface area contributed by atoms with E-state index in [4.69, 9.17) is 0 Å². The summed E-state index contributed by atoms with van der Waals surface area (Å²) in [6.45, 7) is 9.05. The number of urea groups is 1. The van der Waals surface area contributed by atoms with Crippen LogP contribution in [-0.2, 0) is 0 Å². The first-order chi connectivity index (χ1) is 10.9. The molecule has 5 nitrogen and oxygen atoms in total. The van der Waals surface area contributed by atoms with Crippen LogP contribution in [0.2, 0.25) is 0 Å². The summed E-state index contributed by atoms with van der Waals surface area (Å²) in [7, 11) is 0. The maximum absolute atomic E-state index is 12.8. The number of carbonyl (C=O) groups excluding carboxylic acids is 1. The molecule has 130 valence electrons. The lowest BCUT2D eigenvalue weighted by atomic mass is 9.87. The van der Waals surface area contributed by atoms with Gasteiger partial charge in [0.1, 0.15) is 5.01 Å². The van der Waals surface area contributed by atoms with Crippen molar-refractivity contribution in [3.8, 4) is 0 Å². The van der Waals surface area contributed by atoms with Gasteiger partial charge in [0.15, 0.2) is 0 Å². The second-order valence-corrected chi connectivity index (χ2v) is 7.86. The van der Waals surface area contributed by atoms with Crippen LogP contribution in [0.25, 0.3) is 0 Å². The van der Waals surface area contributed by atoms with Crippen LogP contribution in [0.15, 0.2) is 5.38 Å². The van der Waals surface area contributed by atoms with Crippen molar-refractivity contribution in [3.05, 3.63) is 16.1 Å². The SMILES string of the molecule is CCC(NC(=O)N1CCCC1(CO)CC(C)C)c1nc(C)cs1. The Morgan fingerprint density at radius 2 is 2.30 bits per heavy atom. The summed E-state index contributed by atoms with van der Waals surface area (Å²) in [5, 5.41) is 16.1. The van der Waals surface area contributed by atoms with Gasteiger partial charge in [-0.05, 0) is 38.5 Å². The summed E-state index contributed by atoms with van der Waals surface area (Å²) >= 11 is 1.59. The number of nitrogens with one attached hydrogen (secondary N) is 1. The van der Waals surface area contributed by atoms with Crippen molar-refractivity contribution in [1.82, 2.24) is 15.2 Å². The van der Waals surface area contributed by atoms with Gasteiger partial charge in [0.05, 0.1) is 18.2 Å². The lowest BCUT2D eigenvalue weighted by Gasteiger charge is -2.39. The second kappa shape index (κ2) is 7.62. The highest BCUT2D eigenvalue weighted by Gasteiger charge is 2.43. The molecule has 1 aliphatic heterocycles. The van der Waals surface area contributed by atoms with Crippen LogP contribution in [0, 0.1) is 12.8 Å². The summed E-state index contributed by atoms with van der Waals surface area (Å²) in [4.78, 5) is 19.2. The van der Waals surface area contributed by atoms with Gasteiger partial charge in [0, 0.05) is 17.6 Å². The lowest BCUT2D eigenvalue weighted by Crippen LogP contribution is -2.54. The van der Waals surface area contributed by atoms with Crippen LogP contribution in [-0.4, -0.2) is 39.7 Å². The van der Waals surface area contributed by atoms with Crippen molar-refractivity contribution < 1.29 is 9.90 Å². The lowest BCUT2D eigenvalue weighted by molar-refractivity contribution is 0.0664. The maximum atomic E-state index is 12.8. The minimum atomic E-state index is -0.407. The molecular weight excluding hydrogens is 310 g/mol. The van der Waals surface area contributed by atoms with Gasteiger partial charge >= 0.3 is 6.03 Å². The Bertz CT molecular complexity index is 532. The molecule has 1 aromatic heterocycles. The third kappa shape index (κ3) is 4.04. The molecule has 1 saturated heterocycles. The molecule has 0 saturated carbocycles. The predicted octanol–water partition coefficient (Wildman–Crippen LogP) is 3.49. The van der Waals surface area contributed by atoms with E-state index in [9.17, 15) is 9.90 Å². The molecule has 0 bridgehead atoms. The van der Waals surface area contributed by atoms with Gasteiger partial charge in [-0.25, -0.2) is 9.78 Å². The van der Waals surface area contributed by atoms with Crippen molar-refractivity contribution >= 4 is 17.4 Å². The Balaban J connectivity index is 2.11. The molecule has 0 spiro atoms. The maximum Gasteiger partial charge on any atom is 0.318 e. The van der Waals surface area contributed by atoms with Gasteiger partial charge in [-0.3, -0.25) is 0 Å². The number of amides is 2. The van der Waals surface area contributed by atoms with Crippen LogP contribution in [0.4, 0.5) is 4.79 Å². The Hall–Kier alpha value is -1.14. The quantitative estimate of drug-likeness (QED) is 0.834. The van der Waals surface area contributed by atoms with Gasteiger partial charge in [0.2, 0.25) is 0 Å². The normalized spacial score (nSPS) is 22.6. The Labute approximate surface area is 143 Å². The van der Waals surface area contributed by atoms with E-state index in [1.807, 2.05) is 17.2 Å². The molecule has 1 aliphatic rings.